The van der Waals surface area contributed by atoms with Crippen LogP contribution in [0.5, 0.6) is 5.75 Å². The van der Waals surface area contributed by atoms with E-state index in [-0.39, 0.29) is 17.5 Å². The van der Waals surface area contributed by atoms with Crippen molar-refractivity contribution in [3.8, 4) is 5.75 Å². The minimum atomic E-state index is -4.96. The summed E-state index contributed by atoms with van der Waals surface area (Å²) in [5, 5.41) is -0.231. The van der Waals surface area contributed by atoms with Crippen LogP contribution in [-0.2, 0) is 0 Å². The molecule has 2 rings (SSSR count). The van der Waals surface area contributed by atoms with Crippen LogP contribution in [0.2, 0.25) is 5.15 Å². The van der Waals surface area contributed by atoms with Crippen LogP contribution in [0.3, 0.4) is 0 Å². The predicted octanol–water partition coefficient (Wildman–Crippen LogP) is 3.27. The molecule has 1 aromatic rings. The summed E-state index contributed by atoms with van der Waals surface area (Å²) in [7, 11) is 0. The molecule has 0 N–H and O–H groups in total. The number of halogens is 4. The quantitative estimate of drug-likeness (QED) is 0.627. The van der Waals surface area contributed by atoms with Crippen LogP contribution in [0.15, 0.2) is 12.3 Å². The van der Waals surface area contributed by atoms with Crippen molar-refractivity contribution in [3.63, 3.8) is 0 Å². The van der Waals surface area contributed by atoms with Crippen molar-refractivity contribution in [2.45, 2.75) is 19.0 Å². The maximum absolute atomic E-state index is 12.4. The Morgan fingerprint density at radius 3 is 2.72 bits per heavy atom. The summed E-state index contributed by atoms with van der Waals surface area (Å²) in [6.07, 6.45) is -1.96. The molecule has 1 saturated carbocycles. The van der Waals surface area contributed by atoms with Gasteiger partial charge in [0, 0.05) is 6.20 Å². The average Bonchev–Trinajstić information content (AvgIpc) is 3.09. The van der Waals surface area contributed by atoms with Crippen LogP contribution < -0.4 is 4.74 Å². The molecule has 0 amide bonds. The zero-order valence-electron chi connectivity index (χ0n) is 9.13. The fraction of sp³-hybridized carbons (Fsp3) is 0.455. The zero-order valence-corrected chi connectivity index (χ0v) is 9.88. The van der Waals surface area contributed by atoms with Gasteiger partial charge < -0.3 is 4.74 Å². The average molecular weight is 280 g/mol. The first-order valence-electron chi connectivity index (χ1n) is 5.28. The van der Waals surface area contributed by atoms with E-state index in [9.17, 15) is 18.0 Å². The normalized spacial score (nSPS) is 15.6. The number of nitrogens with zero attached hydrogens (tertiary/aromatic N) is 1. The van der Waals surface area contributed by atoms with Crippen LogP contribution >= 0.6 is 11.6 Å². The molecule has 1 aliphatic rings. The lowest BCUT2D eigenvalue weighted by Crippen LogP contribution is -2.23. The second kappa shape index (κ2) is 4.76. The minimum absolute atomic E-state index is 0.231. The number of hydrogen-bond donors (Lipinski definition) is 0. The number of pyridine rings is 1. The molecule has 0 saturated heterocycles. The molecular weight excluding hydrogens is 271 g/mol. The Balaban J connectivity index is 2.27. The van der Waals surface area contributed by atoms with E-state index >= 15 is 0 Å². The number of carbonyl (C=O) groups is 1. The molecule has 1 heterocycles. The van der Waals surface area contributed by atoms with Gasteiger partial charge >= 0.3 is 6.18 Å². The number of hydrogen-bond acceptors (Lipinski definition) is 3. The highest BCUT2D eigenvalue weighted by Crippen LogP contribution is 2.35. The van der Waals surface area contributed by atoms with E-state index in [2.05, 4.69) is 4.98 Å². The molecule has 98 valence electrons. The molecule has 0 aliphatic heterocycles. The van der Waals surface area contributed by atoms with Crippen molar-refractivity contribution < 1.29 is 22.7 Å². The first kappa shape index (κ1) is 13.1. The Hall–Kier alpha value is -1.30. The molecule has 0 radical (unpaired) electrons. The van der Waals surface area contributed by atoms with Gasteiger partial charge in [0.25, 0.3) is 5.78 Å². The highest BCUT2D eigenvalue weighted by molar-refractivity contribution is 6.31. The highest BCUT2D eigenvalue weighted by atomic mass is 35.5. The number of alkyl halides is 3. The Kier molecular flexibility index (Phi) is 3.47. The summed E-state index contributed by atoms with van der Waals surface area (Å²) < 4.78 is 42.4. The summed E-state index contributed by atoms with van der Waals surface area (Å²) in [6, 6.07) is 0.962. The van der Waals surface area contributed by atoms with Gasteiger partial charge in [0.15, 0.2) is 10.9 Å². The number of rotatable bonds is 4. The largest absolute Gasteiger partial charge is 0.489 e. The monoisotopic (exact) mass is 279 g/mol. The lowest BCUT2D eigenvalue weighted by atomic mass is 10.1. The van der Waals surface area contributed by atoms with E-state index in [0.717, 1.165) is 25.1 Å². The van der Waals surface area contributed by atoms with Gasteiger partial charge in [0.1, 0.15) is 0 Å². The van der Waals surface area contributed by atoms with Crippen LogP contribution in [-0.4, -0.2) is 23.6 Å². The van der Waals surface area contributed by atoms with Crippen molar-refractivity contribution in [1.82, 2.24) is 4.98 Å². The number of aromatic nitrogens is 1. The highest BCUT2D eigenvalue weighted by Gasteiger charge is 2.41. The number of ether oxygens (including phenoxy) is 1. The van der Waals surface area contributed by atoms with E-state index in [1.165, 1.54) is 0 Å². The van der Waals surface area contributed by atoms with E-state index in [1.54, 1.807) is 0 Å². The van der Waals surface area contributed by atoms with Crippen molar-refractivity contribution in [1.29, 1.82) is 0 Å². The van der Waals surface area contributed by atoms with Gasteiger partial charge in [-0.2, -0.15) is 13.2 Å². The van der Waals surface area contributed by atoms with E-state index in [1.807, 2.05) is 0 Å². The number of ketones is 1. The first-order chi connectivity index (χ1) is 8.39. The Morgan fingerprint density at radius 1 is 1.50 bits per heavy atom. The SMILES string of the molecule is O=C(c1ccnc(Cl)c1OCC1CC1)C(F)(F)F. The third-order valence-corrected chi connectivity index (χ3v) is 2.79. The summed E-state index contributed by atoms with van der Waals surface area (Å²) in [4.78, 5) is 14.8. The lowest BCUT2D eigenvalue weighted by molar-refractivity contribution is -0.0886. The van der Waals surface area contributed by atoms with Crippen molar-refractivity contribution in [2.75, 3.05) is 6.61 Å². The van der Waals surface area contributed by atoms with Crippen LogP contribution in [0.4, 0.5) is 13.2 Å². The summed E-state index contributed by atoms with van der Waals surface area (Å²) >= 11 is 5.67. The van der Waals surface area contributed by atoms with Gasteiger partial charge in [-0.05, 0) is 24.8 Å². The second-order valence-electron chi connectivity index (χ2n) is 4.06. The molecule has 1 fully saturated rings. The van der Waals surface area contributed by atoms with E-state index in [4.69, 9.17) is 16.3 Å². The van der Waals surface area contributed by atoms with Gasteiger partial charge in [0.2, 0.25) is 0 Å². The molecular formula is C11H9ClF3NO2. The fourth-order valence-corrected chi connectivity index (χ4v) is 1.59. The maximum Gasteiger partial charge on any atom is 0.455 e. The molecule has 0 spiro atoms. The van der Waals surface area contributed by atoms with Crippen molar-refractivity contribution in [2.24, 2.45) is 5.92 Å². The maximum atomic E-state index is 12.4. The smallest absolute Gasteiger partial charge is 0.455 e. The molecule has 0 bridgehead atoms. The first-order valence-corrected chi connectivity index (χ1v) is 5.66. The molecule has 1 aliphatic carbocycles. The summed E-state index contributed by atoms with van der Waals surface area (Å²) in [5.74, 6) is -1.93. The zero-order chi connectivity index (χ0) is 13.3. The molecule has 18 heavy (non-hydrogen) atoms. The van der Waals surface area contributed by atoms with Crippen LogP contribution in [0.1, 0.15) is 23.2 Å². The van der Waals surface area contributed by atoms with Gasteiger partial charge in [-0.25, -0.2) is 4.98 Å². The van der Waals surface area contributed by atoms with Gasteiger partial charge in [-0.3, -0.25) is 4.79 Å². The molecule has 7 heteroatoms. The third kappa shape index (κ3) is 2.93. The van der Waals surface area contributed by atoms with Crippen molar-refractivity contribution in [3.05, 3.63) is 23.0 Å². The third-order valence-electron chi connectivity index (χ3n) is 2.52. The molecule has 0 aromatic carbocycles. The van der Waals surface area contributed by atoms with E-state index in [0.29, 0.717) is 5.92 Å². The Bertz CT molecular complexity index is 472. The summed E-state index contributed by atoms with van der Waals surface area (Å²) in [6.45, 7) is 0.254. The minimum Gasteiger partial charge on any atom is -0.489 e. The molecule has 1 aromatic heterocycles. The standard InChI is InChI=1S/C11H9ClF3NO2/c12-10-8(18-5-6-1-2-6)7(3-4-16-10)9(17)11(13,14)15/h3-4,6H,1-2,5H2. The second-order valence-corrected chi connectivity index (χ2v) is 4.42. The molecule has 3 nitrogen and oxygen atoms in total. The fourth-order valence-electron chi connectivity index (χ4n) is 1.38. The topological polar surface area (TPSA) is 39.2 Å². The molecule has 0 atom stereocenters. The number of carbonyl (C=O) groups excluding carboxylic acids is 1. The molecule has 0 unspecified atom stereocenters. The number of Topliss-reactive ketones (excluding diaryl/α,β-unsaturated/α-hetero) is 1. The van der Waals surface area contributed by atoms with E-state index < -0.39 is 17.5 Å². The predicted molar refractivity (Wildman–Crippen MR) is 57.9 cm³/mol. The lowest BCUT2D eigenvalue weighted by Gasteiger charge is -2.12. The van der Waals surface area contributed by atoms with Gasteiger partial charge in [-0.15, -0.1) is 0 Å². The van der Waals surface area contributed by atoms with Crippen LogP contribution in [0.25, 0.3) is 0 Å². The van der Waals surface area contributed by atoms with Crippen molar-refractivity contribution >= 4 is 17.4 Å². The summed E-state index contributed by atoms with van der Waals surface area (Å²) in [5.41, 5.74) is -0.594. The Labute approximate surface area is 106 Å². The van der Waals surface area contributed by atoms with Crippen LogP contribution in [0, 0.1) is 5.92 Å². The van der Waals surface area contributed by atoms with Gasteiger partial charge in [0.05, 0.1) is 12.2 Å². The van der Waals surface area contributed by atoms with Gasteiger partial charge in [-0.1, -0.05) is 11.6 Å². The Morgan fingerprint density at radius 2 is 2.17 bits per heavy atom.